The number of rotatable bonds is 21. The summed E-state index contributed by atoms with van der Waals surface area (Å²) >= 11 is 0. The molecule has 1 amide bonds. The first-order valence-corrected chi connectivity index (χ1v) is 13.7. The Morgan fingerprint density at radius 2 is 1.09 bits per heavy atom. The SMILES string of the molecule is CCCCCCCCCCCCCCCCCCCCCC(=O)N1CC(O)CC1C(=O)[O-]. The number of carbonyl (C=O) groups is 2. The number of carboxylic acid groups (broad SMARTS) is 1. The molecule has 0 aromatic rings. The van der Waals surface area contributed by atoms with E-state index in [2.05, 4.69) is 6.92 Å². The highest BCUT2D eigenvalue weighted by Gasteiger charge is 2.34. The fourth-order valence-corrected chi connectivity index (χ4v) is 4.81. The average Bonchev–Trinajstić information content (AvgIpc) is 3.17. The van der Waals surface area contributed by atoms with Crippen LogP contribution in [0.5, 0.6) is 0 Å². The number of nitrogens with zero attached hydrogens (tertiary/aromatic N) is 1. The zero-order valence-corrected chi connectivity index (χ0v) is 20.8. The molecule has 188 valence electrons. The monoisotopic (exact) mass is 452 g/mol. The Morgan fingerprint density at radius 3 is 1.47 bits per heavy atom. The molecule has 1 N–H and O–H groups in total. The number of aliphatic hydroxyl groups excluding tert-OH is 1. The number of likely N-dealkylation sites (tertiary alicyclic amines) is 1. The van der Waals surface area contributed by atoms with Crippen LogP contribution in [0, 0.1) is 0 Å². The summed E-state index contributed by atoms with van der Waals surface area (Å²) in [7, 11) is 0. The van der Waals surface area contributed by atoms with Gasteiger partial charge in [-0.05, 0) is 6.42 Å². The van der Waals surface area contributed by atoms with Gasteiger partial charge in [-0.2, -0.15) is 0 Å². The van der Waals surface area contributed by atoms with Gasteiger partial charge in [-0.25, -0.2) is 0 Å². The molecule has 1 saturated heterocycles. The predicted octanol–water partition coefficient (Wildman–Crippen LogP) is 5.52. The van der Waals surface area contributed by atoms with Crippen molar-refractivity contribution in [3.05, 3.63) is 0 Å². The van der Waals surface area contributed by atoms with Gasteiger partial charge in [0.1, 0.15) is 0 Å². The number of hydrogen-bond donors (Lipinski definition) is 1. The molecule has 1 heterocycles. The van der Waals surface area contributed by atoms with Crippen LogP contribution in [-0.4, -0.2) is 40.6 Å². The minimum absolute atomic E-state index is 0.0905. The maximum atomic E-state index is 12.2. The van der Waals surface area contributed by atoms with Gasteiger partial charge in [0, 0.05) is 19.4 Å². The van der Waals surface area contributed by atoms with E-state index >= 15 is 0 Å². The minimum Gasteiger partial charge on any atom is -0.548 e. The Balaban J connectivity index is 1.81. The molecule has 0 spiro atoms. The Morgan fingerprint density at radius 1 is 0.719 bits per heavy atom. The van der Waals surface area contributed by atoms with Crippen LogP contribution >= 0.6 is 0 Å². The van der Waals surface area contributed by atoms with Gasteiger partial charge in [0.2, 0.25) is 5.91 Å². The first-order valence-electron chi connectivity index (χ1n) is 13.7. The lowest BCUT2D eigenvalue weighted by molar-refractivity contribution is -0.310. The summed E-state index contributed by atoms with van der Waals surface area (Å²) in [6.45, 7) is 2.40. The lowest BCUT2D eigenvalue weighted by Crippen LogP contribution is -2.46. The van der Waals surface area contributed by atoms with E-state index < -0.39 is 18.1 Å². The third-order valence-corrected chi connectivity index (χ3v) is 6.87. The third kappa shape index (κ3) is 14.1. The molecule has 0 aromatic carbocycles. The van der Waals surface area contributed by atoms with E-state index in [0.717, 1.165) is 19.3 Å². The molecule has 0 aliphatic carbocycles. The molecule has 5 nitrogen and oxygen atoms in total. The van der Waals surface area contributed by atoms with E-state index in [0.29, 0.717) is 6.42 Å². The van der Waals surface area contributed by atoms with Crippen molar-refractivity contribution in [1.29, 1.82) is 0 Å². The van der Waals surface area contributed by atoms with E-state index in [1.807, 2.05) is 0 Å². The molecule has 0 bridgehead atoms. The van der Waals surface area contributed by atoms with Gasteiger partial charge in [0.25, 0.3) is 0 Å². The minimum atomic E-state index is -1.26. The number of hydrogen-bond acceptors (Lipinski definition) is 4. The van der Waals surface area contributed by atoms with Crippen LogP contribution < -0.4 is 5.11 Å². The highest BCUT2D eigenvalue weighted by atomic mass is 16.4. The summed E-state index contributed by atoms with van der Waals surface area (Å²) < 4.78 is 0. The van der Waals surface area contributed by atoms with Gasteiger partial charge >= 0.3 is 0 Å². The summed E-state index contributed by atoms with van der Waals surface area (Å²) in [5, 5.41) is 20.7. The molecular formula is C27H50NO4-. The Labute approximate surface area is 197 Å². The van der Waals surface area contributed by atoms with E-state index in [-0.39, 0.29) is 18.9 Å². The van der Waals surface area contributed by atoms with Crippen molar-refractivity contribution in [3.63, 3.8) is 0 Å². The molecule has 2 unspecified atom stereocenters. The molecule has 0 aromatic heterocycles. The van der Waals surface area contributed by atoms with Gasteiger partial charge in [0.15, 0.2) is 0 Å². The second-order valence-electron chi connectivity index (χ2n) is 9.88. The smallest absolute Gasteiger partial charge is 0.223 e. The largest absolute Gasteiger partial charge is 0.548 e. The Hall–Kier alpha value is -1.10. The fourth-order valence-electron chi connectivity index (χ4n) is 4.81. The first-order chi connectivity index (χ1) is 15.6. The predicted molar refractivity (Wildman–Crippen MR) is 129 cm³/mol. The van der Waals surface area contributed by atoms with Crippen LogP contribution in [0.4, 0.5) is 0 Å². The molecule has 32 heavy (non-hydrogen) atoms. The van der Waals surface area contributed by atoms with E-state index in [4.69, 9.17) is 0 Å². The second kappa shape index (κ2) is 19.4. The van der Waals surface area contributed by atoms with Crippen LogP contribution in [0.15, 0.2) is 0 Å². The molecule has 5 heteroatoms. The third-order valence-electron chi connectivity index (χ3n) is 6.87. The van der Waals surface area contributed by atoms with Crippen LogP contribution in [0.1, 0.15) is 142 Å². The summed E-state index contributed by atoms with van der Waals surface area (Å²) in [5.41, 5.74) is 0. The normalized spacial score (nSPS) is 18.4. The van der Waals surface area contributed by atoms with Crippen molar-refractivity contribution in [2.75, 3.05) is 6.54 Å². The van der Waals surface area contributed by atoms with E-state index in [1.165, 1.54) is 108 Å². The van der Waals surface area contributed by atoms with Gasteiger partial charge in [-0.15, -0.1) is 0 Å². The maximum Gasteiger partial charge on any atom is 0.223 e. The van der Waals surface area contributed by atoms with Crippen molar-refractivity contribution in [2.45, 2.75) is 154 Å². The molecular weight excluding hydrogens is 402 g/mol. The Kier molecular flexibility index (Phi) is 17.5. The van der Waals surface area contributed by atoms with Crippen LogP contribution in [0.3, 0.4) is 0 Å². The van der Waals surface area contributed by atoms with Crippen LogP contribution in [0.25, 0.3) is 0 Å². The van der Waals surface area contributed by atoms with Crippen molar-refractivity contribution < 1.29 is 19.8 Å². The number of carbonyl (C=O) groups excluding carboxylic acids is 2. The van der Waals surface area contributed by atoms with Gasteiger partial charge < -0.3 is 19.9 Å². The second-order valence-corrected chi connectivity index (χ2v) is 9.88. The molecule has 1 aliphatic heterocycles. The lowest BCUT2D eigenvalue weighted by atomic mass is 10.0. The summed E-state index contributed by atoms with van der Waals surface area (Å²) in [6, 6.07) is -0.960. The number of aliphatic hydroxyl groups is 1. The van der Waals surface area contributed by atoms with Gasteiger partial charge in [0.05, 0.1) is 18.1 Å². The zero-order valence-electron chi connectivity index (χ0n) is 20.8. The lowest BCUT2D eigenvalue weighted by Gasteiger charge is -2.25. The fraction of sp³-hybridized carbons (Fsp3) is 0.926. The number of unbranched alkanes of at least 4 members (excludes halogenated alkanes) is 18. The average molecular weight is 453 g/mol. The zero-order chi connectivity index (χ0) is 23.4. The van der Waals surface area contributed by atoms with Crippen molar-refractivity contribution in [3.8, 4) is 0 Å². The van der Waals surface area contributed by atoms with Gasteiger partial charge in [-0.1, -0.05) is 122 Å². The summed E-state index contributed by atoms with van der Waals surface area (Å²) in [5.74, 6) is -1.43. The molecule has 1 aliphatic rings. The highest BCUT2D eigenvalue weighted by molar-refractivity contribution is 5.83. The van der Waals surface area contributed by atoms with Crippen molar-refractivity contribution in [2.24, 2.45) is 0 Å². The van der Waals surface area contributed by atoms with Crippen molar-refractivity contribution in [1.82, 2.24) is 4.90 Å². The molecule has 1 rings (SSSR count). The standard InChI is InChI=1S/C27H51NO4/c1-2-3-4-5-6-7-8-9-10-11-12-13-14-15-16-17-18-19-20-21-26(30)28-23-24(29)22-25(28)27(31)32/h24-25,29H,2-23H2,1H3,(H,31,32)/p-1. The summed E-state index contributed by atoms with van der Waals surface area (Å²) in [4.78, 5) is 24.6. The van der Waals surface area contributed by atoms with Crippen LogP contribution in [0.2, 0.25) is 0 Å². The van der Waals surface area contributed by atoms with E-state index in [1.54, 1.807) is 0 Å². The molecule has 0 radical (unpaired) electrons. The number of carboxylic acids is 1. The summed E-state index contributed by atoms with van der Waals surface area (Å²) in [6.07, 6.45) is 24.7. The van der Waals surface area contributed by atoms with Gasteiger partial charge in [-0.3, -0.25) is 4.79 Å². The maximum absolute atomic E-state index is 12.2. The van der Waals surface area contributed by atoms with Crippen LogP contribution in [-0.2, 0) is 9.59 Å². The molecule has 2 atom stereocenters. The Bertz CT molecular complexity index is 482. The quantitative estimate of drug-likeness (QED) is 0.233. The molecule has 1 fully saturated rings. The topological polar surface area (TPSA) is 80.7 Å². The number of amides is 1. The molecule has 0 saturated carbocycles. The number of β-amino-alcohol motifs (C(OH)–C–C–N with tert-alkyl or cyclic N) is 1. The van der Waals surface area contributed by atoms with Crippen molar-refractivity contribution >= 4 is 11.9 Å². The number of aliphatic carboxylic acids is 1. The highest BCUT2D eigenvalue weighted by Crippen LogP contribution is 2.20. The first kappa shape index (κ1) is 28.9. The van der Waals surface area contributed by atoms with E-state index in [9.17, 15) is 19.8 Å².